The Hall–Kier alpha value is -3.03. The van der Waals surface area contributed by atoms with E-state index in [2.05, 4.69) is 10.3 Å². The second-order valence-electron chi connectivity index (χ2n) is 6.58. The summed E-state index contributed by atoms with van der Waals surface area (Å²) in [7, 11) is 0. The number of thioether (sulfide) groups is 1. The highest BCUT2D eigenvalue weighted by Crippen LogP contribution is 2.27. The predicted octanol–water partition coefficient (Wildman–Crippen LogP) is 4.80. The van der Waals surface area contributed by atoms with Crippen LogP contribution in [0, 0.1) is 0 Å². The average Bonchev–Trinajstić information content (AvgIpc) is 3.17. The summed E-state index contributed by atoms with van der Waals surface area (Å²) in [6, 6.07) is 16.7. The van der Waals surface area contributed by atoms with E-state index < -0.39 is 0 Å². The number of benzene rings is 2. The van der Waals surface area contributed by atoms with Gasteiger partial charge < -0.3 is 10.3 Å². The van der Waals surface area contributed by atoms with Crippen molar-refractivity contribution in [2.75, 3.05) is 11.1 Å². The van der Waals surface area contributed by atoms with Crippen molar-refractivity contribution in [1.82, 2.24) is 14.5 Å². The number of nitrogens with zero attached hydrogens (tertiary/aromatic N) is 2. The SMILES string of the molecule is CCn1c(SCC(=O)Nc2cccc(Cl)c2)nc2c(-c3ccccc3)c[nH]c2c1=O. The molecule has 2 N–H and O–H groups in total. The number of halogens is 1. The number of hydrogen-bond acceptors (Lipinski definition) is 4. The Kier molecular flexibility index (Phi) is 5.92. The highest BCUT2D eigenvalue weighted by molar-refractivity contribution is 7.99. The molecule has 0 saturated heterocycles. The van der Waals surface area contributed by atoms with Crippen molar-refractivity contribution in [2.24, 2.45) is 0 Å². The number of hydrogen-bond donors (Lipinski definition) is 2. The minimum Gasteiger partial charge on any atom is -0.355 e. The first kappa shape index (κ1) is 20.3. The van der Waals surface area contributed by atoms with Crippen LogP contribution in [0.25, 0.3) is 22.2 Å². The van der Waals surface area contributed by atoms with E-state index in [1.54, 1.807) is 35.0 Å². The molecule has 2 aromatic heterocycles. The van der Waals surface area contributed by atoms with Crippen molar-refractivity contribution in [2.45, 2.75) is 18.6 Å². The fourth-order valence-corrected chi connectivity index (χ4v) is 4.24. The second kappa shape index (κ2) is 8.77. The van der Waals surface area contributed by atoms with E-state index in [0.29, 0.717) is 33.4 Å². The Labute approximate surface area is 182 Å². The highest BCUT2D eigenvalue weighted by Gasteiger charge is 2.17. The number of amides is 1. The van der Waals surface area contributed by atoms with E-state index in [-0.39, 0.29) is 17.2 Å². The van der Waals surface area contributed by atoms with E-state index in [4.69, 9.17) is 16.6 Å². The van der Waals surface area contributed by atoms with Crippen LogP contribution in [0.3, 0.4) is 0 Å². The topological polar surface area (TPSA) is 79.8 Å². The summed E-state index contributed by atoms with van der Waals surface area (Å²) in [6.07, 6.45) is 1.80. The van der Waals surface area contributed by atoms with Gasteiger partial charge in [-0.15, -0.1) is 0 Å². The number of aromatic nitrogens is 3. The van der Waals surface area contributed by atoms with Gasteiger partial charge in [-0.25, -0.2) is 4.98 Å². The Bertz CT molecular complexity index is 1270. The molecule has 2 aromatic carbocycles. The summed E-state index contributed by atoms with van der Waals surface area (Å²) in [5.41, 5.74) is 3.37. The lowest BCUT2D eigenvalue weighted by molar-refractivity contribution is -0.113. The van der Waals surface area contributed by atoms with Crippen molar-refractivity contribution in [1.29, 1.82) is 0 Å². The molecule has 4 aromatic rings. The van der Waals surface area contributed by atoms with Gasteiger partial charge in [0, 0.05) is 29.0 Å². The van der Waals surface area contributed by atoms with Gasteiger partial charge in [0.2, 0.25) is 5.91 Å². The molecule has 6 nitrogen and oxygen atoms in total. The van der Waals surface area contributed by atoms with E-state index in [0.717, 1.165) is 11.1 Å². The molecule has 0 spiro atoms. The zero-order valence-corrected chi connectivity index (χ0v) is 17.8. The van der Waals surface area contributed by atoms with Gasteiger partial charge in [0.1, 0.15) is 11.0 Å². The molecule has 0 aliphatic heterocycles. The van der Waals surface area contributed by atoms with Crippen molar-refractivity contribution in [3.8, 4) is 11.1 Å². The van der Waals surface area contributed by atoms with Crippen molar-refractivity contribution in [3.05, 3.63) is 76.2 Å². The molecule has 30 heavy (non-hydrogen) atoms. The maximum absolute atomic E-state index is 13.0. The fraction of sp³-hybridized carbons (Fsp3) is 0.136. The summed E-state index contributed by atoms with van der Waals surface area (Å²) in [4.78, 5) is 33.1. The highest BCUT2D eigenvalue weighted by atomic mass is 35.5. The first-order valence-corrected chi connectivity index (χ1v) is 10.8. The molecule has 0 radical (unpaired) electrons. The molecule has 0 bridgehead atoms. The van der Waals surface area contributed by atoms with Gasteiger partial charge in [0.15, 0.2) is 5.16 Å². The molecular formula is C22H19ClN4O2S. The number of fused-ring (bicyclic) bond motifs is 1. The van der Waals surface area contributed by atoms with Gasteiger partial charge in [0.05, 0.1) is 5.75 Å². The lowest BCUT2D eigenvalue weighted by atomic mass is 10.1. The molecule has 0 unspecified atom stereocenters. The Morgan fingerprint density at radius 3 is 2.73 bits per heavy atom. The van der Waals surface area contributed by atoms with Crippen LogP contribution < -0.4 is 10.9 Å². The number of aromatic amines is 1. The lowest BCUT2D eigenvalue weighted by Gasteiger charge is -2.11. The van der Waals surface area contributed by atoms with E-state index >= 15 is 0 Å². The molecule has 0 saturated carbocycles. The predicted molar refractivity (Wildman–Crippen MR) is 122 cm³/mol. The first-order chi connectivity index (χ1) is 14.6. The van der Waals surface area contributed by atoms with Crippen LogP contribution >= 0.6 is 23.4 Å². The smallest absolute Gasteiger partial charge is 0.278 e. The molecule has 8 heteroatoms. The Morgan fingerprint density at radius 2 is 2.00 bits per heavy atom. The summed E-state index contributed by atoms with van der Waals surface area (Å²) >= 11 is 7.19. The monoisotopic (exact) mass is 438 g/mol. The number of carbonyl (C=O) groups excluding carboxylic acids is 1. The van der Waals surface area contributed by atoms with Crippen LogP contribution in [0.2, 0.25) is 5.02 Å². The zero-order valence-electron chi connectivity index (χ0n) is 16.2. The number of carbonyl (C=O) groups is 1. The molecule has 0 atom stereocenters. The van der Waals surface area contributed by atoms with Crippen LogP contribution in [0.5, 0.6) is 0 Å². The third kappa shape index (κ3) is 4.13. The fourth-order valence-electron chi connectivity index (χ4n) is 3.19. The number of rotatable bonds is 6. The molecule has 0 aliphatic carbocycles. The Morgan fingerprint density at radius 1 is 1.20 bits per heavy atom. The zero-order chi connectivity index (χ0) is 21.1. The van der Waals surface area contributed by atoms with Gasteiger partial charge >= 0.3 is 0 Å². The second-order valence-corrected chi connectivity index (χ2v) is 7.96. The van der Waals surface area contributed by atoms with Crippen LogP contribution in [0.15, 0.2) is 70.7 Å². The lowest BCUT2D eigenvalue weighted by Crippen LogP contribution is -2.23. The molecule has 4 rings (SSSR count). The minimum atomic E-state index is -0.198. The molecular weight excluding hydrogens is 420 g/mol. The van der Waals surface area contributed by atoms with Crippen LogP contribution in [-0.2, 0) is 11.3 Å². The number of anilines is 1. The summed E-state index contributed by atoms with van der Waals surface area (Å²) in [5.74, 6) is -0.0770. The third-order valence-electron chi connectivity index (χ3n) is 4.59. The standard InChI is InChI=1S/C22H19ClN4O2S/c1-2-27-21(29)20-19(17(12-24-20)14-7-4-3-5-8-14)26-22(27)30-13-18(28)25-16-10-6-9-15(23)11-16/h3-12,24H,2,13H2,1H3,(H,25,28). The number of H-pyrrole nitrogens is 1. The third-order valence-corrected chi connectivity index (χ3v) is 5.80. The van der Waals surface area contributed by atoms with Crippen LogP contribution in [0.4, 0.5) is 5.69 Å². The van der Waals surface area contributed by atoms with Gasteiger partial charge in [-0.1, -0.05) is 59.8 Å². The summed E-state index contributed by atoms with van der Waals surface area (Å²) in [6.45, 7) is 2.34. The van der Waals surface area contributed by atoms with Crippen molar-refractivity contribution in [3.63, 3.8) is 0 Å². The number of nitrogens with one attached hydrogen (secondary N) is 2. The van der Waals surface area contributed by atoms with Gasteiger partial charge in [-0.05, 0) is 30.7 Å². The normalized spacial score (nSPS) is 11.0. The largest absolute Gasteiger partial charge is 0.355 e. The molecule has 0 aliphatic rings. The quantitative estimate of drug-likeness (QED) is 0.335. The molecule has 152 valence electrons. The first-order valence-electron chi connectivity index (χ1n) is 9.42. The molecule has 0 fully saturated rings. The van der Waals surface area contributed by atoms with Crippen molar-refractivity contribution < 1.29 is 4.79 Å². The maximum atomic E-state index is 13.0. The summed E-state index contributed by atoms with van der Waals surface area (Å²) in [5, 5.41) is 3.87. The maximum Gasteiger partial charge on any atom is 0.278 e. The van der Waals surface area contributed by atoms with Gasteiger partial charge in [0.25, 0.3) is 5.56 Å². The van der Waals surface area contributed by atoms with E-state index in [1.165, 1.54) is 11.8 Å². The van der Waals surface area contributed by atoms with E-state index in [9.17, 15) is 9.59 Å². The minimum absolute atomic E-state index is 0.121. The Balaban J connectivity index is 1.63. The van der Waals surface area contributed by atoms with Gasteiger partial charge in [-0.3, -0.25) is 14.2 Å². The van der Waals surface area contributed by atoms with Crippen LogP contribution in [-0.4, -0.2) is 26.2 Å². The van der Waals surface area contributed by atoms with E-state index in [1.807, 2.05) is 37.3 Å². The molecule has 2 heterocycles. The van der Waals surface area contributed by atoms with Gasteiger partial charge in [-0.2, -0.15) is 0 Å². The molecule has 1 amide bonds. The van der Waals surface area contributed by atoms with Crippen LogP contribution in [0.1, 0.15) is 6.92 Å². The average molecular weight is 439 g/mol. The summed E-state index contributed by atoms with van der Waals surface area (Å²) < 4.78 is 1.57. The van der Waals surface area contributed by atoms with Crippen molar-refractivity contribution >= 4 is 46.0 Å².